The SMILES string of the molecule is CCC(C)C(NC(=O)OC(C)(C)C)C(=O)N(C(C)C)C(C(=O)NCc1ccccc1)c1cccc(O)c1. The van der Waals surface area contributed by atoms with Gasteiger partial charge in [0.25, 0.3) is 0 Å². The molecular weight excluding hydrogens is 470 g/mol. The third-order valence-electron chi connectivity index (χ3n) is 5.98. The molecule has 37 heavy (non-hydrogen) atoms. The quantitative estimate of drug-likeness (QED) is 0.419. The van der Waals surface area contributed by atoms with E-state index in [1.54, 1.807) is 32.9 Å². The molecule has 2 aromatic carbocycles. The Kier molecular flexibility index (Phi) is 10.5. The van der Waals surface area contributed by atoms with E-state index in [4.69, 9.17) is 4.74 Å². The van der Waals surface area contributed by atoms with E-state index in [1.807, 2.05) is 58.0 Å². The standard InChI is InChI=1S/C29H41N3O5/c1-8-20(4)24(31-28(36)37-29(5,6)7)27(35)32(19(2)3)25(22-15-12-16-23(33)17-22)26(34)30-18-21-13-10-9-11-14-21/h9-17,19-20,24-25,33H,8,18H2,1-7H3,(H,30,34)(H,31,36). The van der Waals surface area contributed by atoms with Gasteiger partial charge in [-0.3, -0.25) is 9.59 Å². The highest BCUT2D eigenvalue weighted by molar-refractivity contribution is 5.92. The van der Waals surface area contributed by atoms with Crippen LogP contribution in [0.4, 0.5) is 4.79 Å². The lowest BCUT2D eigenvalue weighted by Crippen LogP contribution is -2.56. The summed E-state index contributed by atoms with van der Waals surface area (Å²) in [5, 5.41) is 15.8. The van der Waals surface area contributed by atoms with Gasteiger partial charge in [0, 0.05) is 12.6 Å². The second-order valence-corrected chi connectivity index (χ2v) is 10.5. The number of hydrogen-bond donors (Lipinski definition) is 3. The molecule has 0 bridgehead atoms. The predicted molar refractivity (Wildman–Crippen MR) is 144 cm³/mol. The molecule has 3 amide bonds. The second-order valence-electron chi connectivity index (χ2n) is 10.5. The van der Waals surface area contributed by atoms with Crippen LogP contribution >= 0.6 is 0 Å². The Balaban J connectivity index is 2.46. The third kappa shape index (κ3) is 8.81. The van der Waals surface area contributed by atoms with E-state index in [-0.39, 0.29) is 18.2 Å². The Morgan fingerprint density at radius 1 is 1.00 bits per heavy atom. The van der Waals surface area contributed by atoms with Gasteiger partial charge >= 0.3 is 6.09 Å². The number of carbonyl (C=O) groups excluding carboxylic acids is 3. The molecule has 0 saturated carbocycles. The molecule has 8 heteroatoms. The molecule has 3 unspecified atom stereocenters. The number of hydrogen-bond acceptors (Lipinski definition) is 5. The van der Waals surface area contributed by atoms with Gasteiger partial charge in [-0.05, 0) is 63.8 Å². The van der Waals surface area contributed by atoms with E-state index in [0.717, 1.165) is 5.56 Å². The average Bonchev–Trinajstić information content (AvgIpc) is 2.82. The van der Waals surface area contributed by atoms with Crippen LogP contribution in [0, 0.1) is 5.92 Å². The van der Waals surface area contributed by atoms with E-state index in [9.17, 15) is 19.5 Å². The number of benzene rings is 2. The number of nitrogens with one attached hydrogen (secondary N) is 2. The predicted octanol–water partition coefficient (Wildman–Crippen LogP) is 4.93. The van der Waals surface area contributed by atoms with Gasteiger partial charge in [-0.25, -0.2) is 4.79 Å². The van der Waals surface area contributed by atoms with Crippen LogP contribution in [0.2, 0.25) is 0 Å². The van der Waals surface area contributed by atoms with Gasteiger partial charge in [0.2, 0.25) is 11.8 Å². The van der Waals surface area contributed by atoms with Crippen molar-refractivity contribution in [3.05, 3.63) is 65.7 Å². The molecule has 0 aliphatic carbocycles. The zero-order valence-electron chi connectivity index (χ0n) is 22.9. The fourth-order valence-corrected chi connectivity index (χ4v) is 3.97. The van der Waals surface area contributed by atoms with E-state index < -0.39 is 41.6 Å². The molecule has 0 saturated heterocycles. The summed E-state index contributed by atoms with van der Waals surface area (Å²) in [7, 11) is 0. The first kappa shape index (κ1) is 29.7. The van der Waals surface area contributed by atoms with Gasteiger partial charge < -0.3 is 25.4 Å². The van der Waals surface area contributed by atoms with Crippen LogP contribution in [0.1, 0.15) is 72.1 Å². The van der Waals surface area contributed by atoms with Crippen LogP contribution in [0.5, 0.6) is 5.75 Å². The average molecular weight is 512 g/mol. The summed E-state index contributed by atoms with van der Waals surface area (Å²) in [5.74, 6) is -1.03. The zero-order chi connectivity index (χ0) is 27.8. The van der Waals surface area contributed by atoms with Crippen molar-refractivity contribution < 1.29 is 24.2 Å². The van der Waals surface area contributed by atoms with Crippen molar-refractivity contribution in [1.82, 2.24) is 15.5 Å². The molecule has 0 heterocycles. The summed E-state index contributed by atoms with van der Waals surface area (Å²) in [6, 6.07) is 13.5. The number of rotatable bonds is 10. The number of carbonyl (C=O) groups is 3. The number of amides is 3. The van der Waals surface area contributed by atoms with Gasteiger partial charge in [0.1, 0.15) is 23.4 Å². The van der Waals surface area contributed by atoms with Crippen molar-refractivity contribution in [1.29, 1.82) is 0 Å². The second kappa shape index (κ2) is 13.1. The molecule has 3 N–H and O–H groups in total. The van der Waals surface area contributed by atoms with Crippen LogP contribution in [-0.4, -0.2) is 45.6 Å². The Hall–Kier alpha value is -3.55. The van der Waals surface area contributed by atoms with Crippen molar-refractivity contribution in [2.75, 3.05) is 0 Å². The number of phenolic OH excluding ortho intramolecular Hbond substituents is 1. The summed E-state index contributed by atoms with van der Waals surface area (Å²) in [4.78, 5) is 41.9. The smallest absolute Gasteiger partial charge is 0.408 e. The van der Waals surface area contributed by atoms with Crippen LogP contribution in [0.15, 0.2) is 54.6 Å². The molecule has 2 rings (SSSR count). The number of alkyl carbamates (subject to hydrolysis) is 1. The third-order valence-corrected chi connectivity index (χ3v) is 5.98. The summed E-state index contributed by atoms with van der Waals surface area (Å²) in [6.07, 6.45) is -0.0768. The van der Waals surface area contributed by atoms with E-state index in [0.29, 0.717) is 12.0 Å². The molecule has 3 atom stereocenters. The number of nitrogens with zero attached hydrogens (tertiary/aromatic N) is 1. The largest absolute Gasteiger partial charge is 0.508 e. The summed E-state index contributed by atoms with van der Waals surface area (Å²) >= 11 is 0. The zero-order valence-corrected chi connectivity index (χ0v) is 22.9. The monoisotopic (exact) mass is 511 g/mol. The Morgan fingerprint density at radius 2 is 1.65 bits per heavy atom. The van der Waals surface area contributed by atoms with Gasteiger partial charge in [-0.15, -0.1) is 0 Å². The molecule has 202 valence electrons. The lowest BCUT2D eigenvalue weighted by Gasteiger charge is -2.38. The summed E-state index contributed by atoms with van der Waals surface area (Å²) < 4.78 is 5.42. The van der Waals surface area contributed by atoms with Crippen LogP contribution in [0.3, 0.4) is 0 Å². The first-order valence-electron chi connectivity index (χ1n) is 12.8. The molecule has 0 aliphatic rings. The minimum absolute atomic E-state index is 0.0140. The molecule has 0 aromatic heterocycles. The summed E-state index contributed by atoms with van der Waals surface area (Å²) in [5.41, 5.74) is 0.650. The maximum Gasteiger partial charge on any atom is 0.408 e. The highest BCUT2D eigenvalue weighted by atomic mass is 16.6. The fraction of sp³-hybridized carbons (Fsp3) is 0.483. The fourth-order valence-electron chi connectivity index (χ4n) is 3.97. The van der Waals surface area contributed by atoms with E-state index in [1.165, 1.54) is 17.0 Å². The van der Waals surface area contributed by atoms with Gasteiger partial charge in [0.05, 0.1) is 0 Å². The first-order valence-corrected chi connectivity index (χ1v) is 12.8. The minimum atomic E-state index is -1.03. The lowest BCUT2D eigenvalue weighted by atomic mass is 9.94. The highest BCUT2D eigenvalue weighted by Crippen LogP contribution is 2.28. The molecule has 0 aliphatic heterocycles. The Bertz CT molecular complexity index is 1050. The molecule has 2 aromatic rings. The van der Waals surface area contributed by atoms with E-state index in [2.05, 4.69) is 10.6 Å². The number of aromatic hydroxyl groups is 1. The highest BCUT2D eigenvalue weighted by Gasteiger charge is 2.39. The van der Waals surface area contributed by atoms with Crippen molar-refractivity contribution in [2.24, 2.45) is 5.92 Å². The van der Waals surface area contributed by atoms with Gasteiger partial charge in [-0.1, -0.05) is 62.7 Å². The molecule has 8 nitrogen and oxygen atoms in total. The van der Waals surface area contributed by atoms with Crippen LogP contribution in [-0.2, 0) is 20.9 Å². The molecule has 0 spiro atoms. The topological polar surface area (TPSA) is 108 Å². The van der Waals surface area contributed by atoms with E-state index >= 15 is 0 Å². The number of ether oxygens (including phenoxy) is 1. The van der Waals surface area contributed by atoms with Crippen LogP contribution in [0.25, 0.3) is 0 Å². The Morgan fingerprint density at radius 3 is 2.19 bits per heavy atom. The molecule has 0 fully saturated rings. The maximum atomic E-state index is 14.1. The van der Waals surface area contributed by atoms with Crippen molar-refractivity contribution in [2.45, 2.75) is 85.2 Å². The Labute approximate surface area is 220 Å². The van der Waals surface area contributed by atoms with Gasteiger partial charge in [-0.2, -0.15) is 0 Å². The van der Waals surface area contributed by atoms with Crippen molar-refractivity contribution >= 4 is 17.9 Å². The normalized spacial score (nSPS) is 13.8. The molecule has 0 radical (unpaired) electrons. The maximum absolute atomic E-state index is 14.1. The molecular formula is C29H41N3O5. The summed E-state index contributed by atoms with van der Waals surface area (Å²) in [6.45, 7) is 13.0. The number of phenols is 1. The lowest BCUT2D eigenvalue weighted by molar-refractivity contribution is -0.145. The minimum Gasteiger partial charge on any atom is -0.508 e. The van der Waals surface area contributed by atoms with Crippen molar-refractivity contribution in [3.8, 4) is 5.75 Å². The van der Waals surface area contributed by atoms with Crippen LogP contribution < -0.4 is 10.6 Å². The van der Waals surface area contributed by atoms with Gasteiger partial charge in [0.15, 0.2) is 0 Å². The first-order chi connectivity index (χ1) is 17.3. The van der Waals surface area contributed by atoms with Crippen molar-refractivity contribution in [3.63, 3.8) is 0 Å².